The summed E-state index contributed by atoms with van der Waals surface area (Å²) in [5, 5.41) is 9.14. The quantitative estimate of drug-likeness (QED) is 0.440. The monoisotopic (exact) mass is 269 g/mol. The van der Waals surface area contributed by atoms with Crippen LogP contribution in [-0.4, -0.2) is 54.4 Å². The zero-order valence-corrected chi connectivity index (χ0v) is 11.8. The lowest BCUT2D eigenvalue weighted by atomic mass is 10.1. The predicted molar refractivity (Wildman–Crippen MR) is 80.3 cm³/mol. The predicted octanol–water partition coefficient (Wildman–Crippen LogP) is 1.25. The highest BCUT2D eigenvalue weighted by Gasteiger charge is 2.37. The summed E-state index contributed by atoms with van der Waals surface area (Å²) >= 11 is 0. The summed E-state index contributed by atoms with van der Waals surface area (Å²) in [5.74, 6) is 3.48. The topological polar surface area (TPSA) is 55.0 Å². The largest absolute Gasteiger partial charge is 0.351 e. The van der Waals surface area contributed by atoms with E-state index in [-0.39, 0.29) is 11.7 Å². The molecule has 2 aliphatic rings. The normalized spacial score (nSPS) is 27.6. The van der Waals surface area contributed by atoms with E-state index in [4.69, 9.17) is 11.7 Å². The van der Waals surface area contributed by atoms with Crippen LogP contribution in [0.3, 0.4) is 0 Å². The molecule has 2 unspecified atom stereocenters. The van der Waals surface area contributed by atoms with Gasteiger partial charge in [0.25, 0.3) is 0 Å². The molecule has 2 atom stereocenters. The SMILES string of the molecule is C#CC1CCC2CN(C(/N=C\C)=C(\C#N)N=C)CCN12. The molecule has 0 aromatic carbocycles. The molecule has 0 bridgehead atoms. The van der Waals surface area contributed by atoms with Gasteiger partial charge in [-0.3, -0.25) is 4.90 Å². The summed E-state index contributed by atoms with van der Waals surface area (Å²) in [6.07, 6.45) is 9.40. The van der Waals surface area contributed by atoms with Crippen LogP contribution in [0.1, 0.15) is 19.8 Å². The van der Waals surface area contributed by atoms with E-state index in [1.165, 1.54) is 0 Å². The van der Waals surface area contributed by atoms with Crippen molar-refractivity contribution in [2.24, 2.45) is 9.98 Å². The van der Waals surface area contributed by atoms with Gasteiger partial charge in [0, 0.05) is 31.9 Å². The van der Waals surface area contributed by atoms with Crippen molar-refractivity contribution >= 4 is 12.9 Å². The number of hydrogen-bond acceptors (Lipinski definition) is 5. The average Bonchev–Trinajstić information content (AvgIpc) is 2.89. The number of aliphatic imine (C=N–C) groups is 2. The Hall–Kier alpha value is -2.11. The summed E-state index contributed by atoms with van der Waals surface area (Å²) in [6, 6.07) is 2.77. The lowest BCUT2D eigenvalue weighted by Crippen LogP contribution is -2.51. The van der Waals surface area contributed by atoms with E-state index in [2.05, 4.69) is 38.5 Å². The van der Waals surface area contributed by atoms with Gasteiger partial charge in [0.2, 0.25) is 0 Å². The van der Waals surface area contributed by atoms with Crippen molar-refractivity contribution in [3.8, 4) is 18.4 Å². The van der Waals surface area contributed by atoms with Crippen molar-refractivity contribution in [3.05, 3.63) is 11.5 Å². The number of nitrogens with zero attached hydrogens (tertiary/aromatic N) is 5. The Bertz CT molecular complexity index is 519. The lowest BCUT2D eigenvalue weighted by molar-refractivity contribution is 0.112. The van der Waals surface area contributed by atoms with Crippen molar-refractivity contribution in [1.29, 1.82) is 5.26 Å². The highest BCUT2D eigenvalue weighted by molar-refractivity contribution is 5.56. The van der Waals surface area contributed by atoms with Crippen LogP contribution in [0.5, 0.6) is 0 Å². The van der Waals surface area contributed by atoms with Crippen molar-refractivity contribution in [2.45, 2.75) is 31.8 Å². The first-order valence-electron chi connectivity index (χ1n) is 6.81. The van der Waals surface area contributed by atoms with Gasteiger partial charge in [-0.15, -0.1) is 6.42 Å². The number of piperazine rings is 1. The molecule has 0 aromatic heterocycles. The summed E-state index contributed by atoms with van der Waals surface area (Å²) in [7, 11) is 0. The van der Waals surface area contributed by atoms with E-state index < -0.39 is 0 Å². The van der Waals surface area contributed by atoms with Crippen LogP contribution in [0.2, 0.25) is 0 Å². The number of rotatable bonds is 3. The second-order valence-electron chi connectivity index (χ2n) is 4.93. The maximum Gasteiger partial charge on any atom is 0.182 e. The van der Waals surface area contributed by atoms with Gasteiger partial charge in [-0.05, 0) is 26.5 Å². The minimum atomic E-state index is 0.261. The standard InChI is InChI=1S/C15H19N5/c1-4-12-6-7-13-11-19(8-9-20(12)13)15(18-5-2)14(10-16)17-3/h1,5,12-13H,3,6-9,11H2,2H3/b15-14+,18-5-. The van der Waals surface area contributed by atoms with E-state index >= 15 is 0 Å². The van der Waals surface area contributed by atoms with Crippen LogP contribution < -0.4 is 0 Å². The molecule has 2 saturated heterocycles. The maximum atomic E-state index is 9.14. The van der Waals surface area contributed by atoms with Gasteiger partial charge in [-0.1, -0.05) is 5.92 Å². The first kappa shape index (κ1) is 14.3. The van der Waals surface area contributed by atoms with E-state index in [1.807, 2.05) is 6.92 Å². The number of hydrogen-bond donors (Lipinski definition) is 0. The fraction of sp³-hybridized carbons (Fsp3) is 0.533. The second kappa shape index (κ2) is 6.36. The van der Waals surface area contributed by atoms with Crippen LogP contribution in [0, 0.1) is 23.7 Å². The fourth-order valence-electron chi connectivity index (χ4n) is 3.00. The Kier molecular flexibility index (Phi) is 4.55. The molecule has 0 N–H and O–H groups in total. The molecule has 0 amide bonds. The van der Waals surface area contributed by atoms with Crippen LogP contribution >= 0.6 is 0 Å². The number of allylic oxidation sites excluding steroid dienone is 1. The molecule has 104 valence electrons. The Labute approximate surface area is 120 Å². The number of fused-ring (bicyclic) bond motifs is 1. The molecule has 0 aliphatic carbocycles. The average molecular weight is 269 g/mol. The maximum absolute atomic E-state index is 9.14. The van der Waals surface area contributed by atoms with Crippen LogP contribution in [0.4, 0.5) is 0 Å². The molecule has 0 radical (unpaired) electrons. The molecule has 2 heterocycles. The Morgan fingerprint density at radius 2 is 2.25 bits per heavy atom. The van der Waals surface area contributed by atoms with Crippen LogP contribution in [0.25, 0.3) is 0 Å². The first-order valence-corrected chi connectivity index (χ1v) is 6.81. The van der Waals surface area contributed by atoms with Crippen molar-refractivity contribution in [2.75, 3.05) is 19.6 Å². The summed E-state index contributed by atoms with van der Waals surface area (Å²) < 4.78 is 0. The molecule has 2 rings (SSSR count). The van der Waals surface area contributed by atoms with Gasteiger partial charge in [0.1, 0.15) is 6.07 Å². The van der Waals surface area contributed by atoms with Crippen LogP contribution in [-0.2, 0) is 0 Å². The third-order valence-electron chi connectivity index (χ3n) is 3.92. The van der Waals surface area contributed by atoms with Crippen molar-refractivity contribution in [1.82, 2.24) is 9.80 Å². The molecular formula is C15H19N5. The van der Waals surface area contributed by atoms with Crippen molar-refractivity contribution in [3.63, 3.8) is 0 Å². The van der Waals surface area contributed by atoms with E-state index in [0.29, 0.717) is 11.9 Å². The Balaban J connectivity index is 2.20. The molecule has 5 nitrogen and oxygen atoms in total. The molecule has 0 saturated carbocycles. The van der Waals surface area contributed by atoms with Gasteiger partial charge in [-0.2, -0.15) is 5.26 Å². The third kappa shape index (κ3) is 2.59. The molecule has 5 heteroatoms. The fourth-order valence-corrected chi connectivity index (χ4v) is 3.00. The minimum Gasteiger partial charge on any atom is -0.351 e. The van der Waals surface area contributed by atoms with E-state index in [0.717, 1.165) is 32.5 Å². The molecule has 2 aliphatic heterocycles. The second-order valence-corrected chi connectivity index (χ2v) is 4.93. The number of terminal acetylenes is 1. The summed E-state index contributed by atoms with van der Waals surface area (Å²) in [6.45, 7) is 7.83. The lowest BCUT2D eigenvalue weighted by Gasteiger charge is -2.40. The third-order valence-corrected chi connectivity index (χ3v) is 3.92. The van der Waals surface area contributed by atoms with Crippen molar-refractivity contribution < 1.29 is 0 Å². The van der Waals surface area contributed by atoms with Gasteiger partial charge in [-0.25, -0.2) is 9.98 Å². The first-order chi connectivity index (χ1) is 9.74. The van der Waals surface area contributed by atoms with Gasteiger partial charge < -0.3 is 4.90 Å². The Morgan fingerprint density at radius 1 is 1.45 bits per heavy atom. The molecular weight excluding hydrogens is 250 g/mol. The van der Waals surface area contributed by atoms with Gasteiger partial charge >= 0.3 is 0 Å². The molecule has 0 aromatic rings. The van der Waals surface area contributed by atoms with Gasteiger partial charge in [0.15, 0.2) is 11.5 Å². The summed E-state index contributed by atoms with van der Waals surface area (Å²) in [5.41, 5.74) is 0.281. The van der Waals surface area contributed by atoms with E-state index in [9.17, 15) is 0 Å². The smallest absolute Gasteiger partial charge is 0.182 e. The minimum absolute atomic E-state index is 0.261. The highest BCUT2D eigenvalue weighted by Crippen LogP contribution is 2.29. The molecule has 20 heavy (non-hydrogen) atoms. The van der Waals surface area contributed by atoms with Gasteiger partial charge in [0.05, 0.1) is 6.04 Å². The molecule has 2 fully saturated rings. The zero-order chi connectivity index (χ0) is 14.5. The zero-order valence-electron chi connectivity index (χ0n) is 11.8. The van der Waals surface area contributed by atoms with E-state index in [1.54, 1.807) is 6.21 Å². The number of nitriles is 1. The Morgan fingerprint density at radius 3 is 2.85 bits per heavy atom. The van der Waals surface area contributed by atoms with Crippen LogP contribution in [0.15, 0.2) is 21.5 Å². The molecule has 0 spiro atoms. The summed E-state index contributed by atoms with van der Waals surface area (Å²) in [4.78, 5) is 12.6. The highest BCUT2D eigenvalue weighted by atomic mass is 15.3.